The van der Waals surface area contributed by atoms with Crippen molar-refractivity contribution in [3.8, 4) is 0 Å². The largest absolute Gasteiger partial charge is 0.325 e. The van der Waals surface area contributed by atoms with E-state index in [2.05, 4.69) is 16.4 Å². The van der Waals surface area contributed by atoms with Crippen LogP contribution in [-0.2, 0) is 16.5 Å². The molecule has 33 heavy (non-hydrogen) atoms. The summed E-state index contributed by atoms with van der Waals surface area (Å²) in [6.07, 6.45) is 11.3. The van der Waals surface area contributed by atoms with Crippen LogP contribution < -0.4 is 5.32 Å². The lowest BCUT2D eigenvalue weighted by Gasteiger charge is -2.38. The first-order valence-corrected chi connectivity index (χ1v) is 14.7. The van der Waals surface area contributed by atoms with Crippen LogP contribution in [0.1, 0.15) is 69.0 Å². The van der Waals surface area contributed by atoms with E-state index in [1.54, 1.807) is 23.9 Å². The van der Waals surface area contributed by atoms with Gasteiger partial charge in [0.1, 0.15) is 5.82 Å². The fourth-order valence-electron chi connectivity index (χ4n) is 4.76. The van der Waals surface area contributed by atoms with Gasteiger partial charge in [-0.05, 0) is 73.6 Å². The van der Waals surface area contributed by atoms with Gasteiger partial charge in [0, 0.05) is 17.6 Å². The zero-order chi connectivity index (χ0) is 23.6. The van der Waals surface area contributed by atoms with Crippen LogP contribution in [0, 0.1) is 5.82 Å². The Morgan fingerprint density at radius 1 is 1.06 bits per heavy atom. The van der Waals surface area contributed by atoms with Crippen LogP contribution in [0.3, 0.4) is 0 Å². The van der Waals surface area contributed by atoms with Crippen LogP contribution in [0.5, 0.6) is 0 Å². The third kappa shape index (κ3) is 8.80. The summed E-state index contributed by atoms with van der Waals surface area (Å²) < 4.78 is 25.4. The van der Waals surface area contributed by atoms with Gasteiger partial charge in [0.2, 0.25) is 0 Å². The molecule has 0 radical (unpaired) electrons. The fraction of sp³-hybridized carbons (Fsp3) is 0.560. The number of halogens is 1. The summed E-state index contributed by atoms with van der Waals surface area (Å²) in [4.78, 5) is 23.3. The summed E-state index contributed by atoms with van der Waals surface area (Å²) >= 11 is 1.80. The first-order valence-electron chi connectivity index (χ1n) is 12.0. The number of hydrogen-bond donors (Lipinski definition) is 3. The smallest absolute Gasteiger partial charge is 0.324 e. The predicted octanol–water partition coefficient (Wildman–Crippen LogP) is 6.04. The predicted molar refractivity (Wildman–Crippen MR) is 133 cm³/mol. The second-order valence-electron chi connectivity index (χ2n) is 9.03. The number of nitrogens with zero attached hydrogens (tertiary/aromatic N) is 1. The monoisotopic (exact) mass is 494 g/mol. The Kier molecular flexibility index (Phi) is 10.4. The first-order chi connectivity index (χ1) is 15.9. The highest BCUT2D eigenvalue weighted by atomic mass is 32.2. The van der Waals surface area contributed by atoms with Crippen molar-refractivity contribution >= 4 is 19.4 Å². The molecule has 182 valence electrons. The van der Waals surface area contributed by atoms with Gasteiger partial charge in [-0.25, -0.2) is 4.39 Å². The van der Waals surface area contributed by atoms with Crippen molar-refractivity contribution in [1.82, 2.24) is 10.3 Å². The van der Waals surface area contributed by atoms with Crippen molar-refractivity contribution < 1.29 is 18.7 Å². The van der Waals surface area contributed by atoms with Crippen LogP contribution in [-0.4, -0.2) is 33.2 Å². The van der Waals surface area contributed by atoms with Crippen molar-refractivity contribution in [2.45, 2.75) is 74.6 Å². The molecule has 1 aromatic carbocycles. The quantitative estimate of drug-likeness (QED) is 0.179. The van der Waals surface area contributed by atoms with E-state index in [1.807, 2.05) is 24.4 Å². The van der Waals surface area contributed by atoms with Crippen LogP contribution in [0.15, 0.2) is 47.5 Å². The molecule has 3 rings (SSSR count). The van der Waals surface area contributed by atoms with Gasteiger partial charge in [0.15, 0.2) is 0 Å². The molecule has 1 saturated carbocycles. The van der Waals surface area contributed by atoms with Crippen LogP contribution in [0.25, 0.3) is 0 Å². The van der Waals surface area contributed by atoms with E-state index in [0.717, 1.165) is 54.0 Å². The van der Waals surface area contributed by atoms with E-state index in [9.17, 15) is 8.96 Å². The first kappa shape index (κ1) is 26.4. The Bertz CT molecular complexity index is 901. The molecule has 0 spiro atoms. The summed E-state index contributed by atoms with van der Waals surface area (Å²) in [6, 6.07) is 11.4. The molecule has 1 aliphatic carbocycles. The number of pyridine rings is 1. The van der Waals surface area contributed by atoms with Gasteiger partial charge in [-0.3, -0.25) is 9.55 Å². The summed E-state index contributed by atoms with van der Waals surface area (Å²) in [6.45, 7) is 1.14. The molecule has 1 heterocycles. The van der Waals surface area contributed by atoms with Gasteiger partial charge >= 0.3 is 7.60 Å². The van der Waals surface area contributed by atoms with Crippen LogP contribution in [0.2, 0.25) is 0 Å². The highest BCUT2D eigenvalue weighted by Gasteiger charge is 2.35. The number of hydrogen-bond acceptors (Lipinski definition) is 4. The van der Waals surface area contributed by atoms with Crippen LogP contribution >= 0.6 is 19.4 Å². The molecule has 1 aromatic heterocycles. The Hall–Kier alpha value is -1.24. The average Bonchev–Trinajstić information content (AvgIpc) is 2.80. The maximum atomic E-state index is 14.6. The molecule has 1 fully saturated rings. The van der Waals surface area contributed by atoms with Gasteiger partial charge in [-0.2, -0.15) is 0 Å². The van der Waals surface area contributed by atoms with E-state index in [4.69, 9.17) is 9.79 Å². The zero-order valence-corrected chi connectivity index (χ0v) is 20.9. The molecule has 0 amide bonds. The number of benzene rings is 1. The third-order valence-electron chi connectivity index (χ3n) is 6.48. The highest BCUT2D eigenvalue weighted by Crippen LogP contribution is 2.44. The van der Waals surface area contributed by atoms with E-state index < -0.39 is 7.60 Å². The standard InChI is InChI=1S/C25H36FN2O3PS/c26-24-10-3-2-9-23(24)25(13-4-1-5-14-25)15-6-7-18-33-22-12-11-21(28-20-22)19-27-16-8-17-32(29,30)31/h2-3,9-12,20,27H,1,4-8,13-19H2,(H2,29,30,31). The molecule has 0 bridgehead atoms. The topological polar surface area (TPSA) is 82.5 Å². The summed E-state index contributed by atoms with van der Waals surface area (Å²) in [5.41, 5.74) is 1.85. The lowest BCUT2D eigenvalue weighted by molar-refractivity contribution is 0.260. The third-order valence-corrected chi connectivity index (χ3v) is 8.45. The van der Waals surface area contributed by atoms with Crippen molar-refractivity contribution in [2.75, 3.05) is 18.5 Å². The molecule has 3 N–H and O–H groups in total. The molecule has 0 aliphatic heterocycles. The SMILES string of the molecule is O=P(O)(O)CCCNCc1ccc(SCCCCC2(c3ccccc3F)CCCCC2)cn1. The van der Waals surface area contributed by atoms with Crippen molar-refractivity contribution in [1.29, 1.82) is 0 Å². The van der Waals surface area contributed by atoms with E-state index in [1.165, 1.54) is 19.3 Å². The molecule has 0 saturated heterocycles. The molecule has 0 atom stereocenters. The highest BCUT2D eigenvalue weighted by molar-refractivity contribution is 7.99. The summed E-state index contributed by atoms with van der Waals surface area (Å²) in [7, 11) is -3.91. The number of unbranched alkanes of at least 4 members (excludes halogenated alkanes) is 1. The van der Waals surface area contributed by atoms with Gasteiger partial charge in [0.25, 0.3) is 0 Å². The second-order valence-corrected chi connectivity index (χ2v) is 12.0. The molecule has 0 unspecified atom stereocenters. The fourth-order valence-corrected chi connectivity index (χ4v) is 6.20. The van der Waals surface area contributed by atoms with Gasteiger partial charge in [0.05, 0.1) is 11.9 Å². The number of aromatic nitrogens is 1. The van der Waals surface area contributed by atoms with Crippen molar-refractivity contribution in [3.63, 3.8) is 0 Å². The molecule has 8 heteroatoms. The maximum absolute atomic E-state index is 14.6. The Labute approximate surface area is 201 Å². The normalized spacial score (nSPS) is 16.1. The lowest BCUT2D eigenvalue weighted by atomic mass is 9.66. The molecule has 1 aliphatic rings. The second kappa shape index (κ2) is 13.0. The number of thioether (sulfide) groups is 1. The molecular weight excluding hydrogens is 458 g/mol. The van der Waals surface area contributed by atoms with Gasteiger partial charge in [-0.1, -0.05) is 43.9 Å². The Balaban J connectivity index is 1.38. The summed E-state index contributed by atoms with van der Waals surface area (Å²) in [5.74, 6) is 0.978. The minimum atomic E-state index is -3.91. The van der Waals surface area contributed by atoms with E-state index in [-0.39, 0.29) is 17.4 Å². The number of rotatable bonds is 13. The number of nitrogens with one attached hydrogen (secondary N) is 1. The van der Waals surface area contributed by atoms with Crippen molar-refractivity contribution in [2.24, 2.45) is 0 Å². The van der Waals surface area contributed by atoms with Crippen LogP contribution in [0.4, 0.5) is 4.39 Å². The summed E-state index contributed by atoms with van der Waals surface area (Å²) in [5, 5.41) is 3.17. The van der Waals surface area contributed by atoms with Crippen molar-refractivity contribution in [3.05, 3.63) is 59.7 Å². The van der Waals surface area contributed by atoms with E-state index >= 15 is 0 Å². The maximum Gasteiger partial charge on any atom is 0.325 e. The Morgan fingerprint density at radius 2 is 1.85 bits per heavy atom. The molecular formula is C25H36FN2O3PS. The Morgan fingerprint density at radius 3 is 2.55 bits per heavy atom. The molecule has 5 nitrogen and oxygen atoms in total. The minimum Gasteiger partial charge on any atom is -0.324 e. The minimum absolute atomic E-state index is 0.00968. The van der Waals surface area contributed by atoms with Gasteiger partial charge in [-0.15, -0.1) is 11.8 Å². The average molecular weight is 495 g/mol. The molecule has 2 aromatic rings. The zero-order valence-electron chi connectivity index (χ0n) is 19.2. The lowest BCUT2D eigenvalue weighted by Crippen LogP contribution is -2.30. The van der Waals surface area contributed by atoms with Gasteiger partial charge < -0.3 is 15.1 Å². The van der Waals surface area contributed by atoms with E-state index in [0.29, 0.717) is 19.5 Å².